The van der Waals surface area contributed by atoms with Gasteiger partial charge in [0, 0.05) is 21.8 Å². The summed E-state index contributed by atoms with van der Waals surface area (Å²) >= 11 is 5.37. The highest BCUT2D eigenvalue weighted by molar-refractivity contribution is 9.10. The molecule has 1 saturated heterocycles. The van der Waals surface area contributed by atoms with Gasteiger partial charge in [-0.2, -0.15) is 11.8 Å². The van der Waals surface area contributed by atoms with Crippen molar-refractivity contribution in [3.8, 4) is 0 Å². The van der Waals surface area contributed by atoms with Crippen LogP contribution in [0.5, 0.6) is 0 Å². The van der Waals surface area contributed by atoms with Crippen molar-refractivity contribution in [1.29, 1.82) is 0 Å². The normalized spacial score (nSPS) is 20.0. The van der Waals surface area contributed by atoms with Gasteiger partial charge in [0.15, 0.2) is 0 Å². The molecule has 0 aromatic heterocycles. The first-order chi connectivity index (χ1) is 8.16. The number of carbonyl (C=O) groups is 1. The quantitative estimate of drug-likeness (QED) is 0.907. The number of nitrogens with one attached hydrogen (secondary N) is 1. The van der Waals surface area contributed by atoms with Crippen molar-refractivity contribution >= 4 is 33.6 Å². The molecule has 2 rings (SSSR count). The maximum atomic E-state index is 12.0. The number of rotatable bonds is 2. The molecule has 17 heavy (non-hydrogen) atoms. The molecule has 1 amide bonds. The van der Waals surface area contributed by atoms with Gasteiger partial charge in [0.1, 0.15) is 0 Å². The summed E-state index contributed by atoms with van der Waals surface area (Å²) in [7, 11) is 0. The van der Waals surface area contributed by atoms with Gasteiger partial charge < -0.3 is 5.32 Å². The maximum Gasteiger partial charge on any atom is 0.251 e. The van der Waals surface area contributed by atoms with Crippen LogP contribution in [0, 0.1) is 6.92 Å². The molecular weight excluding hydrogens is 298 g/mol. The summed E-state index contributed by atoms with van der Waals surface area (Å²) in [5.41, 5.74) is 1.84. The summed E-state index contributed by atoms with van der Waals surface area (Å²) < 4.78 is 1.04. The second-order valence-corrected chi connectivity index (χ2v) is 6.36. The summed E-state index contributed by atoms with van der Waals surface area (Å²) in [5, 5.41) is 3.11. The maximum absolute atomic E-state index is 12.0. The molecule has 0 aliphatic carbocycles. The summed E-state index contributed by atoms with van der Waals surface area (Å²) in [6.07, 6.45) is 2.31. The van der Waals surface area contributed by atoms with Crippen molar-refractivity contribution in [2.45, 2.75) is 25.8 Å². The monoisotopic (exact) mass is 313 g/mol. The van der Waals surface area contributed by atoms with Crippen molar-refractivity contribution in [3.05, 3.63) is 33.8 Å². The molecule has 4 heteroatoms. The fourth-order valence-electron chi connectivity index (χ4n) is 1.91. The molecule has 1 heterocycles. The van der Waals surface area contributed by atoms with Crippen LogP contribution >= 0.6 is 27.7 Å². The van der Waals surface area contributed by atoms with E-state index in [2.05, 4.69) is 21.2 Å². The summed E-state index contributed by atoms with van der Waals surface area (Å²) in [4.78, 5) is 12.0. The minimum atomic E-state index is 0.0492. The average Bonchev–Trinajstić information content (AvgIpc) is 2.34. The van der Waals surface area contributed by atoms with Gasteiger partial charge in [0.25, 0.3) is 5.91 Å². The third kappa shape index (κ3) is 3.49. The van der Waals surface area contributed by atoms with E-state index in [9.17, 15) is 4.79 Å². The summed E-state index contributed by atoms with van der Waals surface area (Å²) in [6, 6.07) is 6.06. The first-order valence-electron chi connectivity index (χ1n) is 5.81. The highest BCUT2D eigenvalue weighted by Gasteiger charge is 2.17. The van der Waals surface area contributed by atoms with E-state index in [1.165, 1.54) is 12.2 Å². The SMILES string of the molecule is Cc1cc(C(=O)NC2CCCSC2)ccc1Br. The van der Waals surface area contributed by atoms with E-state index in [0.717, 1.165) is 27.8 Å². The average molecular weight is 314 g/mol. The third-order valence-corrected chi connectivity index (χ3v) is 5.02. The first-order valence-corrected chi connectivity index (χ1v) is 7.76. The van der Waals surface area contributed by atoms with Gasteiger partial charge in [-0.1, -0.05) is 15.9 Å². The molecule has 1 aliphatic heterocycles. The number of aryl methyl sites for hydroxylation is 1. The number of carbonyl (C=O) groups excluding carboxylic acids is 1. The van der Waals surface area contributed by atoms with Crippen LogP contribution in [0.25, 0.3) is 0 Å². The zero-order chi connectivity index (χ0) is 12.3. The Bertz CT molecular complexity index is 416. The lowest BCUT2D eigenvalue weighted by Crippen LogP contribution is -2.38. The number of hydrogen-bond donors (Lipinski definition) is 1. The molecule has 92 valence electrons. The molecular formula is C13H16BrNOS. The van der Waals surface area contributed by atoms with Gasteiger partial charge in [-0.3, -0.25) is 4.79 Å². The minimum Gasteiger partial charge on any atom is -0.348 e. The van der Waals surface area contributed by atoms with E-state index in [4.69, 9.17) is 0 Å². The fraction of sp³-hybridized carbons (Fsp3) is 0.462. The van der Waals surface area contributed by atoms with Crippen molar-refractivity contribution in [3.63, 3.8) is 0 Å². The van der Waals surface area contributed by atoms with Crippen LogP contribution in [-0.2, 0) is 0 Å². The highest BCUT2D eigenvalue weighted by atomic mass is 79.9. The van der Waals surface area contributed by atoms with E-state index in [-0.39, 0.29) is 5.91 Å². The summed E-state index contributed by atoms with van der Waals surface area (Å²) in [5.74, 6) is 2.32. The number of halogens is 1. The second-order valence-electron chi connectivity index (χ2n) is 4.35. The molecule has 1 aromatic carbocycles. The van der Waals surface area contributed by atoms with Crippen molar-refractivity contribution < 1.29 is 4.79 Å². The number of amides is 1. The van der Waals surface area contributed by atoms with Crippen LogP contribution in [0.1, 0.15) is 28.8 Å². The van der Waals surface area contributed by atoms with Crippen LogP contribution in [0.4, 0.5) is 0 Å². The van der Waals surface area contributed by atoms with Gasteiger partial charge in [-0.25, -0.2) is 0 Å². The number of thioether (sulfide) groups is 1. The molecule has 0 bridgehead atoms. The molecule has 0 spiro atoms. The predicted molar refractivity (Wildman–Crippen MR) is 76.7 cm³/mol. The van der Waals surface area contributed by atoms with E-state index < -0.39 is 0 Å². The Labute approximate surface area is 115 Å². The van der Waals surface area contributed by atoms with Crippen molar-refractivity contribution in [1.82, 2.24) is 5.32 Å². The Kier molecular flexibility index (Phi) is 4.51. The molecule has 1 aliphatic rings. The van der Waals surface area contributed by atoms with Gasteiger partial charge in [-0.05, 0) is 49.3 Å². The predicted octanol–water partition coefficient (Wildman–Crippen LogP) is 3.38. The lowest BCUT2D eigenvalue weighted by atomic mass is 10.1. The Balaban J connectivity index is 2.01. The lowest BCUT2D eigenvalue weighted by Gasteiger charge is -2.22. The van der Waals surface area contributed by atoms with Gasteiger partial charge in [0.05, 0.1) is 0 Å². The third-order valence-electron chi connectivity index (χ3n) is 2.92. The van der Waals surface area contributed by atoms with E-state index in [0.29, 0.717) is 6.04 Å². The van der Waals surface area contributed by atoms with Gasteiger partial charge in [-0.15, -0.1) is 0 Å². The topological polar surface area (TPSA) is 29.1 Å². The molecule has 1 atom stereocenters. The Hall–Kier alpha value is -0.480. The molecule has 1 N–H and O–H groups in total. The lowest BCUT2D eigenvalue weighted by molar-refractivity contribution is 0.0938. The van der Waals surface area contributed by atoms with Crippen LogP contribution in [0.15, 0.2) is 22.7 Å². The molecule has 2 nitrogen and oxygen atoms in total. The van der Waals surface area contributed by atoms with Crippen LogP contribution in [0.3, 0.4) is 0 Å². The van der Waals surface area contributed by atoms with Crippen molar-refractivity contribution in [2.24, 2.45) is 0 Å². The Morgan fingerprint density at radius 1 is 1.53 bits per heavy atom. The zero-order valence-electron chi connectivity index (χ0n) is 9.83. The first kappa shape index (κ1) is 13.0. The minimum absolute atomic E-state index is 0.0492. The molecule has 1 unspecified atom stereocenters. The van der Waals surface area contributed by atoms with Crippen LogP contribution in [0.2, 0.25) is 0 Å². The Morgan fingerprint density at radius 3 is 3.00 bits per heavy atom. The van der Waals surface area contributed by atoms with E-state index in [1.807, 2.05) is 36.9 Å². The zero-order valence-corrected chi connectivity index (χ0v) is 12.2. The van der Waals surface area contributed by atoms with E-state index >= 15 is 0 Å². The van der Waals surface area contributed by atoms with Crippen LogP contribution < -0.4 is 5.32 Å². The number of benzene rings is 1. The second kappa shape index (κ2) is 5.91. The van der Waals surface area contributed by atoms with Gasteiger partial charge >= 0.3 is 0 Å². The fourth-order valence-corrected chi connectivity index (χ4v) is 3.23. The molecule has 1 aromatic rings. The van der Waals surface area contributed by atoms with Crippen LogP contribution in [-0.4, -0.2) is 23.5 Å². The molecule has 0 saturated carbocycles. The highest BCUT2D eigenvalue weighted by Crippen LogP contribution is 2.19. The summed E-state index contributed by atoms with van der Waals surface area (Å²) in [6.45, 7) is 2.00. The Morgan fingerprint density at radius 2 is 2.35 bits per heavy atom. The van der Waals surface area contributed by atoms with E-state index in [1.54, 1.807) is 0 Å². The molecule has 1 fully saturated rings. The largest absolute Gasteiger partial charge is 0.348 e. The number of hydrogen-bond acceptors (Lipinski definition) is 2. The van der Waals surface area contributed by atoms with Gasteiger partial charge in [0.2, 0.25) is 0 Å². The van der Waals surface area contributed by atoms with Crippen molar-refractivity contribution in [2.75, 3.05) is 11.5 Å². The smallest absolute Gasteiger partial charge is 0.251 e. The molecule has 0 radical (unpaired) electrons. The standard InChI is InChI=1S/C13H16BrNOS/c1-9-7-10(4-5-12(9)14)13(16)15-11-3-2-6-17-8-11/h4-5,7,11H,2-3,6,8H2,1H3,(H,15,16).